The minimum Gasteiger partial charge on any atom is -0.456 e. The predicted octanol–water partition coefficient (Wildman–Crippen LogP) is 14.0. The molecule has 10 aromatic rings. The zero-order valence-corrected chi connectivity index (χ0v) is 32.8. The Morgan fingerprint density at radius 3 is 1.92 bits per heavy atom. The Labute approximate surface area is 347 Å². The molecule has 8 aromatic carbocycles. The maximum Gasteiger partial charge on any atom is 0.227 e. The van der Waals surface area contributed by atoms with Gasteiger partial charge in [0, 0.05) is 33.2 Å². The van der Waals surface area contributed by atoms with Crippen molar-refractivity contribution in [2.75, 3.05) is 0 Å². The molecule has 60 heavy (non-hydrogen) atoms. The monoisotopic (exact) mass is 771 g/mol. The van der Waals surface area contributed by atoms with Crippen molar-refractivity contribution in [3.63, 3.8) is 0 Å². The summed E-state index contributed by atoms with van der Waals surface area (Å²) in [7, 11) is 0. The van der Waals surface area contributed by atoms with E-state index in [9.17, 15) is 0 Å². The first-order chi connectivity index (χ1) is 29.6. The predicted molar refractivity (Wildman–Crippen MR) is 245 cm³/mol. The van der Waals surface area contributed by atoms with Crippen LogP contribution >= 0.6 is 0 Å². The summed E-state index contributed by atoms with van der Waals surface area (Å²) < 4.78 is 13.0. The molecule has 0 unspecified atom stereocenters. The normalized spacial score (nSPS) is 13.5. The number of rotatable bonds is 7. The third-order valence-electron chi connectivity index (χ3n) is 11.7. The van der Waals surface area contributed by atoms with E-state index in [1.807, 2.05) is 91.0 Å². The van der Waals surface area contributed by atoms with Crippen LogP contribution in [0.25, 0.3) is 72.4 Å². The van der Waals surface area contributed by atoms with Crippen molar-refractivity contribution in [2.45, 2.75) is 12.3 Å². The number of amidine groups is 1. The molecule has 0 spiro atoms. The summed E-state index contributed by atoms with van der Waals surface area (Å²) in [6.45, 7) is 6.60. The van der Waals surface area contributed by atoms with Gasteiger partial charge in [-0.3, -0.25) is 0 Å². The van der Waals surface area contributed by atoms with Crippen LogP contribution < -0.4 is 0 Å². The summed E-state index contributed by atoms with van der Waals surface area (Å²) in [6, 6.07) is 66.7. The highest BCUT2D eigenvalue weighted by Gasteiger charge is 2.49. The Morgan fingerprint density at radius 2 is 1.18 bits per heavy atom. The second-order valence-electron chi connectivity index (χ2n) is 15.2. The van der Waals surface area contributed by atoms with Crippen LogP contribution in [-0.2, 0) is 5.41 Å². The minimum absolute atomic E-state index is 0.593. The minimum atomic E-state index is -0.846. The number of oxazole rings is 1. The molecule has 5 heteroatoms. The molecule has 0 amide bonds. The number of aromatic nitrogens is 1. The molecule has 0 atom stereocenters. The van der Waals surface area contributed by atoms with Gasteiger partial charge in [-0.15, -0.1) is 0 Å². The van der Waals surface area contributed by atoms with E-state index in [1.165, 1.54) is 0 Å². The molecule has 0 bridgehead atoms. The van der Waals surface area contributed by atoms with Gasteiger partial charge in [0.1, 0.15) is 27.9 Å². The van der Waals surface area contributed by atoms with Gasteiger partial charge in [-0.2, -0.15) is 0 Å². The topological polar surface area (TPSA) is 63.9 Å². The fraction of sp³-hybridized carbons (Fsp3) is 0.0364. The van der Waals surface area contributed by atoms with Crippen molar-refractivity contribution in [3.8, 4) is 33.7 Å². The standard InChI is InChI=1S/C55H37N3O2/c1-35(37-18-6-3-7-19-37)56-54(55(40-22-10-5-11-23-40)46-28-14-12-24-43(46)44-25-13-15-29-47(44)55)57-36(2)41-26-17-31-50-51(41)45-34-39(32-33-49(45)59-50)42-27-16-30-48-52(42)60-53(58-48)38-20-8-4-9-21-38/h3-34H,1H2,2H3. The van der Waals surface area contributed by atoms with E-state index < -0.39 is 5.41 Å². The highest BCUT2D eigenvalue weighted by molar-refractivity contribution is 6.22. The number of furan rings is 1. The van der Waals surface area contributed by atoms with Crippen molar-refractivity contribution in [2.24, 2.45) is 9.98 Å². The van der Waals surface area contributed by atoms with Gasteiger partial charge in [-0.05, 0) is 82.3 Å². The zero-order valence-electron chi connectivity index (χ0n) is 32.8. The molecule has 1 aliphatic carbocycles. The Balaban J connectivity index is 1.13. The molecule has 2 heterocycles. The van der Waals surface area contributed by atoms with E-state index in [0.29, 0.717) is 17.4 Å². The molecular formula is C55H37N3O2. The Kier molecular flexibility index (Phi) is 8.34. The largest absolute Gasteiger partial charge is 0.456 e. The van der Waals surface area contributed by atoms with Gasteiger partial charge in [0.2, 0.25) is 5.89 Å². The van der Waals surface area contributed by atoms with Gasteiger partial charge in [0.05, 0.1) is 5.70 Å². The van der Waals surface area contributed by atoms with Crippen LogP contribution in [0.4, 0.5) is 0 Å². The van der Waals surface area contributed by atoms with E-state index in [1.54, 1.807) is 0 Å². The summed E-state index contributed by atoms with van der Waals surface area (Å²) >= 11 is 0. The zero-order chi connectivity index (χ0) is 40.2. The molecule has 5 nitrogen and oxygen atoms in total. The lowest BCUT2D eigenvalue weighted by atomic mass is 9.71. The highest BCUT2D eigenvalue weighted by atomic mass is 16.3. The third kappa shape index (κ3) is 5.58. The van der Waals surface area contributed by atoms with Crippen molar-refractivity contribution in [1.29, 1.82) is 0 Å². The van der Waals surface area contributed by atoms with Crippen molar-refractivity contribution < 1.29 is 8.83 Å². The molecule has 0 radical (unpaired) electrons. The van der Waals surface area contributed by atoms with Crippen molar-refractivity contribution in [1.82, 2.24) is 4.98 Å². The fourth-order valence-corrected chi connectivity index (χ4v) is 9.02. The summed E-state index contributed by atoms with van der Waals surface area (Å²) in [4.78, 5) is 16.0. The maximum absolute atomic E-state index is 6.56. The number of benzene rings is 8. The molecule has 0 aliphatic heterocycles. The van der Waals surface area contributed by atoms with E-state index >= 15 is 0 Å². The van der Waals surface area contributed by atoms with E-state index in [2.05, 4.69) is 117 Å². The molecule has 284 valence electrons. The van der Waals surface area contributed by atoms with E-state index in [0.717, 1.165) is 94.4 Å². The third-order valence-corrected chi connectivity index (χ3v) is 11.7. The van der Waals surface area contributed by atoms with Crippen LogP contribution in [0.1, 0.15) is 34.7 Å². The number of para-hydroxylation sites is 1. The lowest BCUT2D eigenvalue weighted by molar-refractivity contribution is 0.621. The molecule has 0 saturated heterocycles. The molecule has 0 N–H and O–H groups in total. The first-order valence-electron chi connectivity index (χ1n) is 20.1. The van der Waals surface area contributed by atoms with Gasteiger partial charge in [0.15, 0.2) is 5.58 Å². The smallest absolute Gasteiger partial charge is 0.227 e. The molecule has 0 fully saturated rings. The maximum atomic E-state index is 6.56. The van der Waals surface area contributed by atoms with Crippen LogP contribution in [-0.4, -0.2) is 16.5 Å². The second kappa shape index (κ2) is 14.2. The van der Waals surface area contributed by atoms with Gasteiger partial charge < -0.3 is 8.83 Å². The molecule has 1 aliphatic rings. The van der Waals surface area contributed by atoms with E-state index in [-0.39, 0.29) is 0 Å². The summed E-state index contributed by atoms with van der Waals surface area (Å²) in [5.74, 6) is 1.23. The quantitative estimate of drug-likeness (QED) is 0.120. The van der Waals surface area contributed by atoms with Gasteiger partial charge >= 0.3 is 0 Å². The van der Waals surface area contributed by atoms with Gasteiger partial charge in [0.25, 0.3) is 0 Å². The van der Waals surface area contributed by atoms with Gasteiger partial charge in [-0.1, -0.05) is 164 Å². The molecular weight excluding hydrogens is 735 g/mol. The van der Waals surface area contributed by atoms with Crippen molar-refractivity contribution in [3.05, 3.63) is 229 Å². The van der Waals surface area contributed by atoms with Crippen molar-refractivity contribution >= 4 is 50.3 Å². The number of hydrogen-bond donors (Lipinski definition) is 0. The number of fused-ring (bicyclic) bond motifs is 7. The summed E-state index contributed by atoms with van der Waals surface area (Å²) in [5.41, 5.74) is 14.1. The van der Waals surface area contributed by atoms with Crippen LogP contribution in [0.5, 0.6) is 0 Å². The second-order valence-corrected chi connectivity index (χ2v) is 15.2. The summed E-state index contributed by atoms with van der Waals surface area (Å²) in [5, 5.41) is 1.96. The molecule has 2 aromatic heterocycles. The summed E-state index contributed by atoms with van der Waals surface area (Å²) in [6.07, 6.45) is 0. The van der Waals surface area contributed by atoms with Crippen LogP contribution in [0.2, 0.25) is 0 Å². The average molecular weight is 772 g/mol. The fourth-order valence-electron chi connectivity index (χ4n) is 9.02. The highest BCUT2D eigenvalue weighted by Crippen LogP contribution is 2.54. The SMILES string of the molecule is C=C(N=C(N=C(C)c1cccc2oc3ccc(-c4cccc5nc(-c6ccccc6)oc45)cc3c12)C1(c2ccccc2)c2ccccc2-c2ccccc21)c1ccccc1. The Bertz CT molecular complexity index is 3290. The average Bonchev–Trinajstić information content (AvgIpc) is 4.01. The molecule has 0 saturated carbocycles. The van der Waals surface area contributed by atoms with Crippen LogP contribution in [0, 0.1) is 0 Å². The number of hydrogen-bond acceptors (Lipinski definition) is 4. The lowest BCUT2D eigenvalue weighted by Crippen LogP contribution is -2.36. The van der Waals surface area contributed by atoms with Gasteiger partial charge in [-0.25, -0.2) is 15.0 Å². The first kappa shape index (κ1) is 35.3. The van der Waals surface area contributed by atoms with E-state index in [4.69, 9.17) is 23.8 Å². The Morgan fingerprint density at radius 1 is 0.550 bits per heavy atom. The first-order valence-corrected chi connectivity index (χ1v) is 20.1. The van der Waals surface area contributed by atoms with Crippen LogP contribution in [0.15, 0.2) is 220 Å². The lowest BCUT2D eigenvalue weighted by Gasteiger charge is -2.33. The Hall–Kier alpha value is -7.89. The number of nitrogens with zero attached hydrogens (tertiary/aromatic N) is 3. The molecule has 11 rings (SSSR count). The van der Waals surface area contributed by atoms with Crippen LogP contribution in [0.3, 0.4) is 0 Å². The number of aliphatic imine (C=N–C) groups is 2.